The average molecular weight is 503 g/mol. The maximum atomic E-state index is 12.1. The Morgan fingerprint density at radius 3 is 1.69 bits per heavy atom. The molecule has 5 heteroatoms. The number of hydrogen-bond donors (Lipinski definition) is 1. The molecule has 0 aliphatic rings. The SMILES string of the molecule is CC/C=C/C/C=C/C/C=C/C/C=C/C/C=C/CCCCCCCC(=O)OC(CC(=O)O)C[N+](C)(C)C. The molecule has 0 saturated carbocycles. The largest absolute Gasteiger partial charge is 0.481 e. The van der Waals surface area contributed by atoms with Gasteiger partial charge in [0.15, 0.2) is 6.10 Å². The molecule has 0 aromatic rings. The number of carboxylic acids is 1. The van der Waals surface area contributed by atoms with E-state index in [2.05, 4.69) is 67.7 Å². The Labute approximate surface area is 220 Å². The van der Waals surface area contributed by atoms with Gasteiger partial charge >= 0.3 is 11.9 Å². The fourth-order valence-electron chi connectivity index (χ4n) is 3.62. The molecule has 0 heterocycles. The third-order valence-corrected chi connectivity index (χ3v) is 5.36. The van der Waals surface area contributed by atoms with E-state index in [0.29, 0.717) is 17.4 Å². The summed E-state index contributed by atoms with van der Waals surface area (Å²) in [6.45, 7) is 2.65. The van der Waals surface area contributed by atoms with Crippen LogP contribution in [0.4, 0.5) is 0 Å². The van der Waals surface area contributed by atoms with Crippen molar-refractivity contribution in [2.75, 3.05) is 27.7 Å². The van der Waals surface area contributed by atoms with Crippen molar-refractivity contribution < 1.29 is 23.9 Å². The Morgan fingerprint density at radius 2 is 1.19 bits per heavy atom. The van der Waals surface area contributed by atoms with Crippen molar-refractivity contribution in [3.8, 4) is 0 Å². The highest BCUT2D eigenvalue weighted by Gasteiger charge is 2.24. The molecular weight excluding hydrogens is 450 g/mol. The second-order valence-corrected chi connectivity index (χ2v) is 10.2. The first kappa shape index (κ1) is 33.6. The second-order valence-electron chi connectivity index (χ2n) is 10.2. The van der Waals surface area contributed by atoms with E-state index in [1.165, 1.54) is 6.42 Å². The predicted molar refractivity (Wildman–Crippen MR) is 152 cm³/mol. The molecular formula is C31H52NO4+. The van der Waals surface area contributed by atoms with Crippen molar-refractivity contribution >= 4 is 11.9 Å². The van der Waals surface area contributed by atoms with Crippen molar-refractivity contribution in [2.45, 2.75) is 96.5 Å². The predicted octanol–water partition coefficient (Wildman–Crippen LogP) is 7.56. The normalized spacial score (nSPS) is 13.7. The number of allylic oxidation sites excluding steroid dienone is 10. The van der Waals surface area contributed by atoms with Gasteiger partial charge in [0.05, 0.1) is 27.6 Å². The zero-order chi connectivity index (χ0) is 26.9. The third kappa shape index (κ3) is 26.2. The smallest absolute Gasteiger partial charge is 0.307 e. The summed E-state index contributed by atoms with van der Waals surface area (Å²) in [5.74, 6) is -1.22. The maximum absolute atomic E-state index is 12.1. The molecule has 0 aromatic heterocycles. The standard InChI is InChI=1S/C31H51NO4/c1-5-6-7-8-9-10-11-12-13-14-15-16-17-18-19-20-21-22-23-24-25-26-31(35)36-29(27-30(33)34)28-32(2,3)4/h6-7,9-10,12-13,15-16,18-19,29H,5,8,11,14,17,20-28H2,1-4H3/p+1/b7-6+,10-9+,13-12+,16-15+,19-18+. The summed E-state index contributed by atoms with van der Waals surface area (Å²) < 4.78 is 5.98. The summed E-state index contributed by atoms with van der Waals surface area (Å²) in [6, 6.07) is 0. The molecule has 0 saturated heterocycles. The van der Waals surface area contributed by atoms with Crippen molar-refractivity contribution in [2.24, 2.45) is 0 Å². The number of quaternary nitrogens is 1. The number of carbonyl (C=O) groups excluding carboxylic acids is 1. The lowest BCUT2D eigenvalue weighted by Crippen LogP contribution is -2.43. The maximum Gasteiger partial charge on any atom is 0.307 e. The molecule has 0 aliphatic heterocycles. The van der Waals surface area contributed by atoms with Gasteiger partial charge in [0.1, 0.15) is 6.54 Å². The Hall–Kier alpha value is -2.40. The zero-order valence-corrected chi connectivity index (χ0v) is 23.4. The highest BCUT2D eigenvalue weighted by atomic mass is 16.5. The van der Waals surface area contributed by atoms with E-state index in [4.69, 9.17) is 9.84 Å². The number of carbonyl (C=O) groups is 2. The van der Waals surface area contributed by atoms with Crippen LogP contribution in [0, 0.1) is 0 Å². The number of unbranched alkanes of at least 4 members (excludes halogenated alkanes) is 5. The molecule has 0 rings (SSSR count). The minimum absolute atomic E-state index is 0.142. The van der Waals surface area contributed by atoms with Crippen LogP contribution >= 0.6 is 0 Å². The Balaban J connectivity index is 3.70. The molecule has 1 N–H and O–H groups in total. The van der Waals surface area contributed by atoms with Gasteiger partial charge in [0, 0.05) is 6.42 Å². The molecule has 0 fully saturated rings. The molecule has 5 nitrogen and oxygen atoms in total. The van der Waals surface area contributed by atoms with Crippen LogP contribution < -0.4 is 0 Å². The van der Waals surface area contributed by atoms with Crippen LogP contribution in [0.15, 0.2) is 60.8 Å². The Bertz CT molecular complexity index is 711. The van der Waals surface area contributed by atoms with Crippen LogP contribution in [-0.2, 0) is 14.3 Å². The van der Waals surface area contributed by atoms with Crippen LogP contribution in [0.1, 0.15) is 90.4 Å². The van der Waals surface area contributed by atoms with Gasteiger partial charge in [-0.05, 0) is 51.4 Å². The average Bonchev–Trinajstić information content (AvgIpc) is 2.78. The van der Waals surface area contributed by atoms with Crippen molar-refractivity contribution in [1.82, 2.24) is 0 Å². The third-order valence-electron chi connectivity index (χ3n) is 5.36. The van der Waals surface area contributed by atoms with Crippen LogP contribution in [0.5, 0.6) is 0 Å². The summed E-state index contributed by atoms with van der Waals surface area (Å²) in [4.78, 5) is 23.1. The number of ether oxygens (including phenoxy) is 1. The van der Waals surface area contributed by atoms with Crippen LogP contribution in [-0.4, -0.2) is 55.3 Å². The van der Waals surface area contributed by atoms with E-state index >= 15 is 0 Å². The van der Waals surface area contributed by atoms with Gasteiger partial charge < -0.3 is 14.3 Å². The number of likely N-dealkylation sites (N-methyl/N-ethyl adjacent to an activating group) is 1. The van der Waals surface area contributed by atoms with E-state index in [0.717, 1.165) is 64.2 Å². The lowest BCUT2D eigenvalue weighted by molar-refractivity contribution is -0.873. The fraction of sp³-hybridized carbons (Fsp3) is 0.613. The molecule has 0 spiro atoms. The number of carboxylic acid groups (broad SMARTS) is 1. The van der Waals surface area contributed by atoms with Gasteiger partial charge in [-0.25, -0.2) is 0 Å². The summed E-state index contributed by atoms with van der Waals surface area (Å²) >= 11 is 0. The molecule has 0 aliphatic carbocycles. The first-order valence-electron chi connectivity index (χ1n) is 13.7. The summed E-state index contributed by atoms with van der Waals surface area (Å²) in [6.07, 6.45) is 33.2. The lowest BCUT2D eigenvalue weighted by Gasteiger charge is -2.28. The number of rotatable bonds is 22. The van der Waals surface area contributed by atoms with Crippen molar-refractivity contribution in [3.05, 3.63) is 60.8 Å². The van der Waals surface area contributed by atoms with Crippen molar-refractivity contribution in [1.29, 1.82) is 0 Å². The number of hydrogen-bond acceptors (Lipinski definition) is 3. The molecule has 0 aromatic carbocycles. The quantitative estimate of drug-likeness (QED) is 0.0718. The van der Waals surface area contributed by atoms with Gasteiger partial charge in [0.25, 0.3) is 0 Å². The van der Waals surface area contributed by atoms with Crippen LogP contribution in [0.2, 0.25) is 0 Å². The molecule has 0 radical (unpaired) electrons. The first-order chi connectivity index (χ1) is 17.2. The minimum atomic E-state index is -0.936. The number of nitrogens with zero attached hydrogens (tertiary/aromatic N) is 1. The first-order valence-corrected chi connectivity index (χ1v) is 13.7. The van der Waals surface area contributed by atoms with E-state index < -0.39 is 12.1 Å². The molecule has 204 valence electrons. The number of aliphatic carboxylic acids is 1. The fourth-order valence-corrected chi connectivity index (χ4v) is 3.62. The molecule has 1 atom stereocenters. The van der Waals surface area contributed by atoms with Crippen LogP contribution in [0.3, 0.4) is 0 Å². The van der Waals surface area contributed by atoms with Crippen molar-refractivity contribution in [3.63, 3.8) is 0 Å². The van der Waals surface area contributed by atoms with E-state index in [9.17, 15) is 9.59 Å². The molecule has 0 amide bonds. The molecule has 1 unspecified atom stereocenters. The Morgan fingerprint density at radius 1 is 0.722 bits per heavy atom. The monoisotopic (exact) mass is 502 g/mol. The highest BCUT2D eigenvalue weighted by Crippen LogP contribution is 2.11. The highest BCUT2D eigenvalue weighted by molar-refractivity contribution is 5.71. The summed E-state index contributed by atoms with van der Waals surface area (Å²) in [5.41, 5.74) is 0. The van der Waals surface area contributed by atoms with Gasteiger partial charge in [-0.3, -0.25) is 9.59 Å². The van der Waals surface area contributed by atoms with E-state index in [1.807, 2.05) is 21.1 Å². The van der Waals surface area contributed by atoms with Gasteiger partial charge in [-0.15, -0.1) is 0 Å². The van der Waals surface area contributed by atoms with Gasteiger partial charge in [-0.1, -0.05) is 86.9 Å². The van der Waals surface area contributed by atoms with E-state index in [1.54, 1.807) is 0 Å². The van der Waals surface area contributed by atoms with Crippen LogP contribution in [0.25, 0.3) is 0 Å². The minimum Gasteiger partial charge on any atom is -0.481 e. The Kier molecular flexibility index (Phi) is 21.5. The van der Waals surface area contributed by atoms with E-state index in [-0.39, 0.29) is 12.4 Å². The summed E-state index contributed by atoms with van der Waals surface area (Å²) in [5, 5.41) is 9.04. The second kappa shape index (κ2) is 23.0. The molecule has 36 heavy (non-hydrogen) atoms. The topological polar surface area (TPSA) is 63.6 Å². The van der Waals surface area contributed by atoms with Gasteiger partial charge in [-0.2, -0.15) is 0 Å². The zero-order valence-electron chi connectivity index (χ0n) is 23.4. The van der Waals surface area contributed by atoms with Gasteiger partial charge in [0.2, 0.25) is 0 Å². The summed E-state index contributed by atoms with van der Waals surface area (Å²) in [7, 11) is 5.88. The lowest BCUT2D eigenvalue weighted by atomic mass is 10.1. The number of esters is 1. The molecule has 0 bridgehead atoms.